The highest BCUT2D eigenvalue weighted by atomic mass is 16.6. The number of hydrogen-bond donors (Lipinski definition) is 1. The van der Waals surface area contributed by atoms with Gasteiger partial charge in [0.1, 0.15) is 6.61 Å². The zero-order valence-electron chi connectivity index (χ0n) is 12.6. The first kappa shape index (κ1) is 16.5. The molecule has 1 aromatic rings. The second-order valence-corrected chi connectivity index (χ2v) is 5.03. The van der Waals surface area contributed by atoms with Crippen LogP contribution >= 0.6 is 0 Å². The van der Waals surface area contributed by atoms with E-state index in [1.807, 2.05) is 12.1 Å². The minimum Gasteiger partial charge on any atom is -0.394 e. The zero-order valence-corrected chi connectivity index (χ0v) is 12.6. The van der Waals surface area contributed by atoms with Gasteiger partial charge >= 0.3 is 0 Å². The third kappa shape index (κ3) is 7.77. The molecule has 1 heterocycles. The summed E-state index contributed by atoms with van der Waals surface area (Å²) in [6, 6.07) is 3.70. The molecule has 0 saturated heterocycles. The number of nitrogens with zero attached hydrogens (tertiary/aromatic N) is 2. The molecule has 0 aliphatic rings. The Labute approximate surface area is 122 Å². The third-order valence-corrected chi connectivity index (χ3v) is 3.21. The van der Waals surface area contributed by atoms with E-state index in [1.54, 1.807) is 12.4 Å². The minimum atomic E-state index is 0.387. The molecule has 0 atom stereocenters. The molecule has 4 nitrogen and oxygen atoms in total. The average Bonchev–Trinajstić information content (AvgIpc) is 2.50. The SMILES string of the molecule is CCCCCCCCCCO/N=C(\N)c1cccnc1. The molecule has 1 rings (SSSR count). The van der Waals surface area contributed by atoms with Gasteiger partial charge in [-0.1, -0.05) is 50.6 Å². The van der Waals surface area contributed by atoms with Crippen LogP contribution in [0.3, 0.4) is 0 Å². The number of rotatable bonds is 11. The zero-order chi connectivity index (χ0) is 14.5. The van der Waals surface area contributed by atoms with E-state index < -0.39 is 0 Å². The summed E-state index contributed by atoms with van der Waals surface area (Å²) in [6.45, 7) is 2.88. The summed E-state index contributed by atoms with van der Waals surface area (Å²) in [7, 11) is 0. The Kier molecular flexibility index (Phi) is 9.28. The van der Waals surface area contributed by atoms with Crippen molar-refractivity contribution in [1.82, 2.24) is 4.98 Å². The van der Waals surface area contributed by atoms with Gasteiger partial charge in [-0.15, -0.1) is 0 Å². The Morgan fingerprint density at radius 2 is 1.85 bits per heavy atom. The monoisotopic (exact) mass is 277 g/mol. The highest BCUT2D eigenvalue weighted by Crippen LogP contribution is 2.08. The summed E-state index contributed by atoms with van der Waals surface area (Å²) in [5, 5.41) is 3.91. The van der Waals surface area contributed by atoms with Gasteiger partial charge in [0.15, 0.2) is 5.84 Å². The molecular formula is C16H27N3O. The van der Waals surface area contributed by atoms with Crippen LogP contribution in [0.1, 0.15) is 63.9 Å². The van der Waals surface area contributed by atoms with Gasteiger partial charge < -0.3 is 10.6 Å². The van der Waals surface area contributed by atoms with E-state index in [-0.39, 0.29) is 0 Å². The largest absolute Gasteiger partial charge is 0.394 e. The quantitative estimate of drug-likeness (QED) is 0.289. The number of pyridine rings is 1. The molecular weight excluding hydrogens is 250 g/mol. The van der Waals surface area contributed by atoms with E-state index in [0.29, 0.717) is 12.4 Å². The first-order chi connectivity index (χ1) is 9.84. The molecule has 0 unspecified atom stereocenters. The normalized spacial score (nSPS) is 11.6. The molecule has 20 heavy (non-hydrogen) atoms. The maximum absolute atomic E-state index is 5.79. The molecule has 0 aliphatic heterocycles. The van der Waals surface area contributed by atoms with Gasteiger partial charge in [0, 0.05) is 18.0 Å². The molecule has 1 aromatic heterocycles. The molecule has 2 N–H and O–H groups in total. The number of aromatic nitrogens is 1. The molecule has 0 spiro atoms. The van der Waals surface area contributed by atoms with E-state index in [9.17, 15) is 0 Å². The summed E-state index contributed by atoms with van der Waals surface area (Å²) in [5.74, 6) is 0.387. The van der Waals surface area contributed by atoms with Crippen LogP contribution in [0.5, 0.6) is 0 Å². The lowest BCUT2D eigenvalue weighted by Crippen LogP contribution is -2.14. The molecule has 0 aliphatic carbocycles. The Morgan fingerprint density at radius 3 is 2.50 bits per heavy atom. The van der Waals surface area contributed by atoms with Gasteiger partial charge in [0.2, 0.25) is 0 Å². The fraction of sp³-hybridized carbons (Fsp3) is 0.625. The fourth-order valence-corrected chi connectivity index (χ4v) is 1.98. The Morgan fingerprint density at radius 1 is 1.15 bits per heavy atom. The average molecular weight is 277 g/mol. The lowest BCUT2D eigenvalue weighted by molar-refractivity contribution is 0.139. The van der Waals surface area contributed by atoms with Crippen molar-refractivity contribution in [2.75, 3.05) is 6.61 Å². The Hall–Kier alpha value is -1.58. The van der Waals surface area contributed by atoms with Gasteiger partial charge in [0.25, 0.3) is 0 Å². The van der Waals surface area contributed by atoms with E-state index in [1.165, 1.54) is 44.9 Å². The molecule has 0 saturated carbocycles. The standard InChI is InChI=1S/C16H27N3O/c1-2-3-4-5-6-7-8-9-13-20-19-16(17)15-11-10-12-18-14-15/h10-12,14H,2-9,13H2,1H3,(H2,17,19). The van der Waals surface area contributed by atoms with Crippen molar-refractivity contribution in [2.24, 2.45) is 10.9 Å². The highest BCUT2D eigenvalue weighted by Gasteiger charge is 1.97. The number of hydrogen-bond acceptors (Lipinski definition) is 3. The fourth-order valence-electron chi connectivity index (χ4n) is 1.98. The predicted molar refractivity (Wildman–Crippen MR) is 83.5 cm³/mol. The second kappa shape index (κ2) is 11.3. The predicted octanol–water partition coefficient (Wildman–Crippen LogP) is 3.86. The number of unbranched alkanes of at least 4 members (excludes halogenated alkanes) is 7. The van der Waals surface area contributed by atoms with Crippen LogP contribution in [0.2, 0.25) is 0 Å². The maximum atomic E-state index is 5.79. The van der Waals surface area contributed by atoms with Gasteiger partial charge in [-0.05, 0) is 25.0 Å². The van der Waals surface area contributed by atoms with Gasteiger partial charge in [-0.2, -0.15) is 0 Å². The summed E-state index contributed by atoms with van der Waals surface area (Å²) < 4.78 is 0. The first-order valence-corrected chi connectivity index (χ1v) is 7.70. The van der Waals surface area contributed by atoms with E-state index in [2.05, 4.69) is 17.1 Å². The third-order valence-electron chi connectivity index (χ3n) is 3.21. The first-order valence-electron chi connectivity index (χ1n) is 7.70. The molecule has 112 valence electrons. The van der Waals surface area contributed by atoms with Crippen molar-refractivity contribution in [1.29, 1.82) is 0 Å². The maximum Gasteiger partial charge on any atom is 0.171 e. The highest BCUT2D eigenvalue weighted by molar-refractivity contribution is 5.96. The van der Waals surface area contributed by atoms with Crippen LogP contribution < -0.4 is 5.73 Å². The van der Waals surface area contributed by atoms with Crippen LogP contribution in [0.15, 0.2) is 29.7 Å². The van der Waals surface area contributed by atoms with Gasteiger partial charge in [-0.3, -0.25) is 4.98 Å². The van der Waals surface area contributed by atoms with Crippen molar-refractivity contribution in [3.63, 3.8) is 0 Å². The second-order valence-electron chi connectivity index (χ2n) is 5.03. The van der Waals surface area contributed by atoms with Crippen molar-refractivity contribution >= 4 is 5.84 Å². The van der Waals surface area contributed by atoms with Crippen LogP contribution in [0.25, 0.3) is 0 Å². The van der Waals surface area contributed by atoms with Crippen molar-refractivity contribution in [3.8, 4) is 0 Å². The summed E-state index contributed by atoms with van der Waals surface area (Å²) in [6.07, 6.45) is 13.7. The smallest absolute Gasteiger partial charge is 0.171 e. The van der Waals surface area contributed by atoms with Crippen LogP contribution in [-0.2, 0) is 4.84 Å². The lowest BCUT2D eigenvalue weighted by Gasteiger charge is -2.03. The van der Waals surface area contributed by atoms with E-state index in [4.69, 9.17) is 10.6 Å². The topological polar surface area (TPSA) is 60.5 Å². The van der Waals surface area contributed by atoms with Gasteiger partial charge in [-0.25, -0.2) is 0 Å². The molecule has 0 amide bonds. The minimum absolute atomic E-state index is 0.387. The Balaban J connectivity index is 1.99. The van der Waals surface area contributed by atoms with E-state index in [0.717, 1.165) is 12.0 Å². The molecule has 4 heteroatoms. The Bertz CT molecular complexity index is 365. The van der Waals surface area contributed by atoms with Gasteiger partial charge in [0.05, 0.1) is 0 Å². The molecule has 0 aromatic carbocycles. The summed E-state index contributed by atoms with van der Waals surface area (Å²) in [5.41, 5.74) is 6.58. The lowest BCUT2D eigenvalue weighted by atomic mass is 10.1. The summed E-state index contributed by atoms with van der Waals surface area (Å²) in [4.78, 5) is 9.22. The van der Waals surface area contributed by atoms with Crippen LogP contribution in [0, 0.1) is 0 Å². The molecule has 0 fully saturated rings. The number of oxime groups is 1. The molecule has 0 radical (unpaired) electrons. The van der Waals surface area contributed by atoms with Crippen molar-refractivity contribution < 1.29 is 4.84 Å². The van der Waals surface area contributed by atoms with Crippen molar-refractivity contribution in [2.45, 2.75) is 58.3 Å². The molecule has 0 bridgehead atoms. The number of nitrogens with two attached hydrogens (primary N) is 1. The summed E-state index contributed by atoms with van der Waals surface area (Å²) >= 11 is 0. The van der Waals surface area contributed by atoms with E-state index >= 15 is 0 Å². The number of amidine groups is 1. The van der Waals surface area contributed by atoms with Crippen LogP contribution in [0.4, 0.5) is 0 Å². The van der Waals surface area contributed by atoms with Crippen LogP contribution in [-0.4, -0.2) is 17.4 Å². The van der Waals surface area contributed by atoms with Crippen molar-refractivity contribution in [3.05, 3.63) is 30.1 Å².